The van der Waals surface area contributed by atoms with Crippen LogP contribution in [0.4, 0.5) is 19.1 Å². The molecule has 0 saturated heterocycles. The molecule has 2 aromatic heterocycles. The van der Waals surface area contributed by atoms with Crippen molar-refractivity contribution in [2.45, 2.75) is 18.8 Å². The molecule has 0 bridgehead atoms. The number of carbonyl (C=O) groups excluding carboxylic acids is 2. The Labute approximate surface area is 150 Å². The second-order valence-corrected chi connectivity index (χ2v) is 6.06. The van der Waals surface area contributed by atoms with Crippen LogP contribution < -0.4 is 10.6 Å². The van der Waals surface area contributed by atoms with Gasteiger partial charge in [0.05, 0.1) is 16.6 Å². The molecule has 4 rings (SSSR count). The highest BCUT2D eigenvalue weighted by molar-refractivity contribution is 6.07. The maximum Gasteiger partial charge on any atom is 0.440 e. The van der Waals surface area contributed by atoms with Gasteiger partial charge in [-0.2, -0.15) is 13.2 Å². The lowest BCUT2D eigenvalue weighted by atomic mass is 10.1. The van der Waals surface area contributed by atoms with E-state index in [9.17, 15) is 22.8 Å². The minimum atomic E-state index is -5.13. The summed E-state index contributed by atoms with van der Waals surface area (Å²) >= 11 is 0. The maximum atomic E-state index is 14.2. The van der Waals surface area contributed by atoms with E-state index in [4.69, 9.17) is 0 Å². The number of anilines is 1. The summed E-state index contributed by atoms with van der Waals surface area (Å²) in [6.07, 6.45) is -3.98. The van der Waals surface area contributed by atoms with Crippen LogP contribution >= 0.6 is 0 Å². The molecular formula is C17H12F3N5O2. The molecular weight excluding hydrogens is 363 g/mol. The topological polar surface area (TPSA) is 88.9 Å². The highest BCUT2D eigenvalue weighted by Crippen LogP contribution is 2.43. The third-order valence-electron chi connectivity index (χ3n) is 4.33. The number of carbonyl (C=O) groups is 2. The van der Waals surface area contributed by atoms with E-state index in [2.05, 4.69) is 15.3 Å². The van der Waals surface area contributed by atoms with E-state index in [1.54, 1.807) is 13.0 Å². The number of benzene rings is 1. The molecule has 0 fully saturated rings. The number of nitrogens with one attached hydrogen (secondary N) is 2. The minimum Gasteiger partial charge on any atom is -0.313 e. The number of para-hydroxylation sites is 2. The molecule has 3 heterocycles. The van der Waals surface area contributed by atoms with Gasteiger partial charge in [-0.1, -0.05) is 12.1 Å². The lowest BCUT2D eigenvalue weighted by Crippen LogP contribution is -2.63. The number of aryl methyl sites for hydroxylation is 1. The first kappa shape index (κ1) is 17.0. The fourth-order valence-corrected chi connectivity index (χ4v) is 3.02. The van der Waals surface area contributed by atoms with Gasteiger partial charge in [-0.3, -0.25) is 24.5 Å². The summed E-state index contributed by atoms with van der Waals surface area (Å²) in [6, 6.07) is 8.86. The van der Waals surface area contributed by atoms with Crippen molar-refractivity contribution in [3.8, 4) is 0 Å². The normalized spacial score (nSPS) is 19.0. The largest absolute Gasteiger partial charge is 0.440 e. The first-order chi connectivity index (χ1) is 12.7. The zero-order valence-electron chi connectivity index (χ0n) is 13.8. The summed E-state index contributed by atoms with van der Waals surface area (Å²) in [5.74, 6) is -2.81. The SMILES string of the molecule is Cc1ccc(C(=O)NC2(C(F)(F)F)C(=O)Nc3nc4ccccc4n32)cn1. The number of alkyl halides is 3. The van der Waals surface area contributed by atoms with Crippen molar-refractivity contribution >= 4 is 28.8 Å². The van der Waals surface area contributed by atoms with Crippen molar-refractivity contribution in [2.24, 2.45) is 0 Å². The number of imidazole rings is 1. The van der Waals surface area contributed by atoms with Crippen LogP contribution in [-0.4, -0.2) is 32.5 Å². The number of pyridine rings is 1. The molecule has 0 saturated carbocycles. The Morgan fingerprint density at radius 2 is 1.96 bits per heavy atom. The van der Waals surface area contributed by atoms with Gasteiger partial charge in [-0.15, -0.1) is 0 Å². The smallest absolute Gasteiger partial charge is 0.313 e. The highest BCUT2D eigenvalue weighted by atomic mass is 19.4. The number of halogens is 3. The molecule has 10 heteroatoms. The molecule has 3 aromatic rings. The third-order valence-corrected chi connectivity index (χ3v) is 4.33. The van der Waals surface area contributed by atoms with Gasteiger partial charge in [-0.05, 0) is 31.2 Å². The van der Waals surface area contributed by atoms with Gasteiger partial charge in [0.25, 0.3) is 17.5 Å². The molecule has 1 aliphatic heterocycles. The molecule has 0 aliphatic carbocycles. The molecule has 0 spiro atoms. The van der Waals surface area contributed by atoms with Gasteiger partial charge < -0.3 is 5.32 Å². The number of aromatic nitrogens is 3. The van der Waals surface area contributed by atoms with Crippen LogP contribution in [0.15, 0.2) is 42.6 Å². The molecule has 7 nitrogen and oxygen atoms in total. The Morgan fingerprint density at radius 1 is 1.22 bits per heavy atom. The van der Waals surface area contributed by atoms with Crippen LogP contribution in [0.3, 0.4) is 0 Å². The van der Waals surface area contributed by atoms with Crippen molar-refractivity contribution in [1.29, 1.82) is 0 Å². The monoisotopic (exact) mass is 375 g/mol. The Balaban J connectivity index is 1.89. The predicted molar refractivity (Wildman–Crippen MR) is 88.8 cm³/mol. The van der Waals surface area contributed by atoms with Crippen molar-refractivity contribution < 1.29 is 22.8 Å². The fourth-order valence-electron chi connectivity index (χ4n) is 3.02. The zero-order valence-corrected chi connectivity index (χ0v) is 13.8. The molecule has 138 valence electrons. The molecule has 1 aliphatic rings. The molecule has 2 N–H and O–H groups in total. The molecule has 1 unspecified atom stereocenters. The zero-order chi connectivity index (χ0) is 19.4. The van der Waals surface area contributed by atoms with Crippen molar-refractivity contribution in [1.82, 2.24) is 19.9 Å². The maximum absolute atomic E-state index is 14.2. The molecule has 2 amide bonds. The van der Waals surface area contributed by atoms with E-state index in [1.807, 2.05) is 5.32 Å². The number of rotatable bonds is 2. The Morgan fingerprint density at radius 3 is 2.63 bits per heavy atom. The molecule has 1 aromatic carbocycles. The van der Waals surface area contributed by atoms with Crippen molar-refractivity contribution in [2.75, 3.05) is 5.32 Å². The van der Waals surface area contributed by atoms with Gasteiger partial charge in [0, 0.05) is 11.9 Å². The van der Waals surface area contributed by atoms with Crippen LogP contribution in [0.1, 0.15) is 16.1 Å². The number of hydrogen-bond donors (Lipinski definition) is 2. The highest BCUT2D eigenvalue weighted by Gasteiger charge is 2.67. The summed E-state index contributed by atoms with van der Waals surface area (Å²) in [6.45, 7) is 1.67. The fraction of sp³-hybridized carbons (Fsp3) is 0.176. The second-order valence-electron chi connectivity index (χ2n) is 6.06. The average Bonchev–Trinajstić information content (AvgIpc) is 3.09. The van der Waals surface area contributed by atoms with Crippen molar-refractivity contribution in [3.63, 3.8) is 0 Å². The lowest BCUT2D eigenvalue weighted by molar-refractivity contribution is -0.213. The molecule has 1 atom stereocenters. The number of hydrogen-bond acceptors (Lipinski definition) is 4. The second kappa shape index (κ2) is 5.53. The van der Waals surface area contributed by atoms with Crippen LogP contribution in [-0.2, 0) is 10.5 Å². The number of nitrogens with zero attached hydrogens (tertiary/aromatic N) is 3. The summed E-state index contributed by atoms with van der Waals surface area (Å²) in [5, 5.41) is 3.97. The van der Waals surface area contributed by atoms with E-state index in [0.717, 1.165) is 6.20 Å². The Bertz CT molecular complexity index is 1070. The molecule has 0 radical (unpaired) electrons. The summed E-state index contributed by atoms with van der Waals surface area (Å²) < 4.78 is 43.1. The third kappa shape index (κ3) is 2.36. The van der Waals surface area contributed by atoms with Gasteiger partial charge in [-0.25, -0.2) is 4.98 Å². The average molecular weight is 375 g/mol. The molecule has 27 heavy (non-hydrogen) atoms. The number of amides is 2. The van der Waals surface area contributed by atoms with Gasteiger partial charge in [0.2, 0.25) is 5.95 Å². The Hall–Kier alpha value is -3.43. The van der Waals surface area contributed by atoms with E-state index < -0.39 is 23.7 Å². The predicted octanol–water partition coefficient (Wildman–Crippen LogP) is 2.34. The standard InChI is InChI=1S/C17H12F3N5O2/c1-9-6-7-10(8-21-9)13(26)24-16(17(18,19)20)14(27)23-15-22-11-4-2-3-5-12(11)25(15)16/h2-8H,1H3,(H,24,26)(H,22,23,27). The lowest BCUT2D eigenvalue weighted by Gasteiger charge is -2.31. The van der Waals surface area contributed by atoms with Gasteiger partial charge in [0.15, 0.2) is 0 Å². The van der Waals surface area contributed by atoms with Crippen LogP contribution in [0.25, 0.3) is 11.0 Å². The van der Waals surface area contributed by atoms with Crippen LogP contribution in [0, 0.1) is 6.92 Å². The summed E-state index contributed by atoms with van der Waals surface area (Å²) in [7, 11) is 0. The van der Waals surface area contributed by atoms with Crippen molar-refractivity contribution in [3.05, 3.63) is 53.9 Å². The quantitative estimate of drug-likeness (QED) is 0.720. The summed E-state index contributed by atoms with van der Waals surface area (Å²) in [4.78, 5) is 32.8. The van der Waals surface area contributed by atoms with E-state index in [0.29, 0.717) is 10.3 Å². The van der Waals surface area contributed by atoms with E-state index >= 15 is 0 Å². The first-order valence-corrected chi connectivity index (χ1v) is 7.85. The number of fused-ring (bicyclic) bond motifs is 3. The minimum absolute atomic E-state index is 0.0607. The van der Waals surface area contributed by atoms with E-state index in [1.165, 1.54) is 30.3 Å². The summed E-state index contributed by atoms with van der Waals surface area (Å²) in [5.41, 5.74) is -2.51. The van der Waals surface area contributed by atoms with E-state index in [-0.39, 0.29) is 22.5 Å². The van der Waals surface area contributed by atoms with Crippen LogP contribution in [0.5, 0.6) is 0 Å². The first-order valence-electron chi connectivity index (χ1n) is 7.85. The Kier molecular flexibility index (Phi) is 3.48. The van der Waals surface area contributed by atoms with Gasteiger partial charge in [0.1, 0.15) is 0 Å². The van der Waals surface area contributed by atoms with Crippen LogP contribution in [0.2, 0.25) is 0 Å². The van der Waals surface area contributed by atoms with Gasteiger partial charge >= 0.3 is 6.18 Å².